The summed E-state index contributed by atoms with van der Waals surface area (Å²) in [5.74, 6) is -0.376. The number of hydrogen-bond donors (Lipinski definition) is 0. The van der Waals surface area contributed by atoms with Crippen molar-refractivity contribution in [2.45, 2.75) is 38.0 Å². The number of sulfonamides is 1. The average molecular weight is 293 g/mol. The summed E-state index contributed by atoms with van der Waals surface area (Å²) < 4.78 is 25.9. The fourth-order valence-corrected chi connectivity index (χ4v) is 3.57. The third-order valence-corrected chi connectivity index (χ3v) is 5.17. The van der Waals surface area contributed by atoms with Gasteiger partial charge in [-0.1, -0.05) is 37.1 Å². The zero-order valence-corrected chi connectivity index (χ0v) is 12.6. The summed E-state index contributed by atoms with van der Waals surface area (Å²) in [7, 11) is -3.72. The Morgan fingerprint density at radius 3 is 2.50 bits per heavy atom. The van der Waals surface area contributed by atoms with Crippen LogP contribution in [0.4, 0.5) is 0 Å². The van der Waals surface area contributed by atoms with E-state index in [4.69, 9.17) is 0 Å². The molecule has 0 bridgehead atoms. The Hall–Kier alpha value is -1.62. The van der Waals surface area contributed by atoms with Crippen LogP contribution in [0, 0.1) is 6.92 Å². The molecular weight excluding hydrogens is 274 g/mol. The molecule has 0 saturated carbocycles. The van der Waals surface area contributed by atoms with Gasteiger partial charge in [0, 0.05) is 12.1 Å². The summed E-state index contributed by atoms with van der Waals surface area (Å²) in [6.45, 7) is 4.16. The van der Waals surface area contributed by atoms with Crippen LogP contribution in [0.5, 0.6) is 0 Å². The summed E-state index contributed by atoms with van der Waals surface area (Å²) in [5, 5.41) is 0. The van der Waals surface area contributed by atoms with Gasteiger partial charge in [-0.2, -0.15) is 0 Å². The number of amides is 1. The van der Waals surface area contributed by atoms with Gasteiger partial charge in [0.25, 0.3) is 15.9 Å². The first kappa shape index (κ1) is 14.8. The van der Waals surface area contributed by atoms with E-state index in [0.717, 1.165) is 22.7 Å². The van der Waals surface area contributed by atoms with Gasteiger partial charge in [-0.3, -0.25) is 4.79 Å². The molecule has 1 aliphatic heterocycles. The monoisotopic (exact) mass is 293 g/mol. The molecule has 0 atom stereocenters. The first-order valence-corrected chi connectivity index (χ1v) is 8.23. The molecule has 1 saturated heterocycles. The van der Waals surface area contributed by atoms with Gasteiger partial charge in [-0.15, -0.1) is 0 Å². The minimum atomic E-state index is -3.72. The normalized spacial score (nSPS) is 18.0. The van der Waals surface area contributed by atoms with E-state index in [1.807, 2.05) is 19.9 Å². The molecule has 1 heterocycles. The van der Waals surface area contributed by atoms with Crippen molar-refractivity contribution in [3.8, 4) is 0 Å². The zero-order valence-electron chi connectivity index (χ0n) is 11.8. The Kier molecular flexibility index (Phi) is 4.28. The molecule has 5 heteroatoms. The Bertz CT molecular complexity index is 630. The Labute approximate surface area is 120 Å². The van der Waals surface area contributed by atoms with Gasteiger partial charge in [-0.05, 0) is 31.9 Å². The van der Waals surface area contributed by atoms with E-state index in [1.54, 1.807) is 24.3 Å². The third kappa shape index (κ3) is 2.77. The molecule has 1 aliphatic rings. The summed E-state index contributed by atoms with van der Waals surface area (Å²) in [5.41, 5.74) is 1.60. The van der Waals surface area contributed by atoms with E-state index < -0.39 is 10.0 Å². The topological polar surface area (TPSA) is 54.5 Å². The van der Waals surface area contributed by atoms with E-state index in [2.05, 4.69) is 0 Å². The van der Waals surface area contributed by atoms with E-state index in [9.17, 15) is 13.2 Å². The van der Waals surface area contributed by atoms with Crippen molar-refractivity contribution in [2.75, 3.05) is 6.54 Å². The highest BCUT2D eigenvalue weighted by atomic mass is 32.2. The molecule has 0 aromatic heterocycles. The number of allylic oxidation sites excluding steroid dienone is 1. The minimum absolute atomic E-state index is 0.174. The van der Waals surface area contributed by atoms with E-state index >= 15 is 0 Å². The number of unbranched alkanes of at least 4 members (excludes halogenated alkanes) is 1. The lowest BCUT2D eigenvalue weighted by Gasteiger charge is -2.15. The Balaban J connectivity index is 2.28. The number of aryl methyl sites for hydroxylation is 1. The van der Waals surface area contributed by atoms with E-state index in [1.165, 1.54) is 0 Å². The van der Waals surface area contributed by atoms with Crippen LogP contribution in [0.15, 0.2) is 40.8 Å². The molecule has 1 aromatic rings. The summed E-state index contributed by atoms with van der Waals surface area (Å²) in [6.07, 6.45) is 4.11. The fourth-order valence-electron chi connectivity index (χ4n) is 2.17. The Morgan fingerprint density at radius 2 is 1.90 bits per heavy atom. The maximum absolute atomic E-state index is 12.5. The van der Waals surface area contributed by atoms with E-state index in [-0.39, 0.29) is 17.3 Å². The minimum Gasteiger partial charge on any atom is -0.268 e. The van der Waals surface area contributed by atoms with Gasteiger partial charge in [0.2, 0.25) is 0 Å². The van der Waals surface area contributed by atoms with Crippen molar-refractivity contribution in [2.24, 2.45) is 0 Å². The maximum Gasteiger partial charge on any atom is 0.266 e. The average Bonchev–Trinajstić information content (AvgIpc) is 2.79. The number of carbonyl (C=O) groups is 1. The predicted octanol–water partition coefficient (Wildman–Crippen LogP) is 2.64. The molecule has 1 fully saturated rings. The van der Waals surface area contributed by atoms with Crippen molar-refractivity contribution in [3.05, 3.63) is 41.5 Å². The molecule has 0 unspecified atom stereocenters. The highest BCUT2D eigenvalue weighted by molar-refractivity contribution is 7.89. The van der Waals surface area contributed by atoms with Crippen LogP contribution in [0.2, 0.25) is 0 Å². The van der Waals surface area contributed by atoms with Gasteiger partial charge >= 0.3 is 0 Å². The van der Waals surface area contributed by atoms with Gasteiger partial charge < -0.3 is 0 Å². The standard InChI is InChI=1S/C15H19NO3S/c1-3-4-5-13-10-11-16(15(13)17)20(18,19)14-8-6-12(2)7-9-14/h5-9H,3-4,10-11H2,1-2H3/b13-5+. The molecular formula is C15H19NO3S. The molecule has 2 rings (SSSR count). The SMILES string of the molecule is CCC/C=C1\CCN(S(=O)(=O)c2ccc(C)cc2)C1=O. The first-order valence-electron chi connectivity index (χ1n) is 6.79. The van der Waals surface area contributed by atoms with E-state index in [0.29, 0.717) is 12.0 Å². The molecule has 1 amide bonds. The van der Waals surface area contributed by atoms with Crippen LogP contribution in [0.1, 0.15) is 31.7 Å². The Morgan fingerprint density at radius 1 is 1.25 bits per heavy atom. The number of nitrogens with zero attached hydrogens (tertiary/aromatic N) is 1. The second-order valence-electron chi connectivity index (χ2n) is 4.96. The highest BCUT2D eigenvalue weighted by Gasteiger charge is 2.35. The molecule has 4 nitrogen and oxygen atoms in total. The molecule has 0 N–H and O–H groups in total. The maximum atomic E-state index is 12.5. The zero-order chi connectivity index (χ0) is 14.8. The number of benzene rings is 1. The summed E-state index contributed by atoms with van der Waals surface area (Å²) >= 11 is 0. The highest BCUT2D eigenvalue weighted by Crippen LogP contribution is 2.25. The van der Waals surface area contributed by atoms with Crippen molar-refractivity contribution >= 4 is 15.9 Å². The molecule has 0 spiro atoms. The van der Waals surface area contributed by atoms with Crippen molar-refractivity contribution in [1.29, 1.82) is 0 Å². The van der Waals surface area contributed by atoms with Gasteiger partial charge in [0.15, 0.2) is 0 Å². The van der Waals surface area contributed by atoms with Crippen LogP contribution in [0.3, 0.4) is 0 Å². The summed E-state index contributed by atoms with van der Waals surface area (Å²) in [4.78, 5) is 12.4. The second kappa shape index (κ2) is 5.79. The molecule has 108 valence electrons. The fraction of sp³-hybridized carbons (Fsp3) is 0.400. The second-order valence-corrected chi connectivity index (χ2v) is 6.83. The van der Waals surface area contributed by atoms with Crippen molar-refractivity contribution in [1.82, 2.24) is 4.31 Å². The molecule has 0 aliphatic carbocycles. The molecule has 1 aromatic carbocycles. The lowest BCUT2D eigenvalue weighted by Crippen LogP contribution is -2.32. The number of rotatable bonds is 4. The number of hydrogen-bond acceptors (Lipinski definition) is 3. The van der Waals surface area contributed by atoms with Crippen LogP contribution < -0.4 is 0 Å². The van der Waals surface area contributed by atoms with Crippen LogP contribution in [0.25, 0.3) is 0 Å². The van der Waals surface area contributed by atoms with Gasteiger partial charge in [0.05, 0.1) is 4.90 Å². The summed E-state index contributed by atoms with van der Waals surface area (Å²) in [6, 6.07) is 6.57. The number of carbonyl (C=O) groups excluding carboxylic acids is 1. The van der Waals surface area contributed by atoms with Crippen LogP contribution >= 0.6 is 0 Å². The van der Waals surface area contributed by atoms with Gasteiger partial charge in [0.1, 0.15) is 0 Å². The van der Waals surface area contributed by atoms with Gasteiger partial charge in [-0.25, -0.2) is 12.7 Å². The lowest BCUT2D eigenvalue weighted by molar-refractivity contribution is -0.120. The third-order valence-electron chi connectivity index (χ3n) is 3.37. The molecule has 20 heavy (non-hydrogen) atoms. The quantitative estimate of drug-likeness (QED) is 0.802. The molecule has 0 radical (unpaired) electrons. The smallest absolute Gasteiger partial charge is 0.266 e. The lowest BCUT2D eigenvalue weighted by atomic mass is 10.2. The van der Waals surface area contributed by atoms with Crippen molar-refractivity contribution in [3.63, 3.8) is 0 Å². The van der Waals surface area contributed by atoms with Crippen molar-refractivity contribution < 1.29 is 13.2 Å². The van der Waals surface area contributed by atoms with Crippen LogP contribution in [-0.4, -0.2) is 25.2 Å². The predicted molar refractivity (Wildman–Crippen MR) is 77.7 cm³/mol. The largest absolute Gasteiger partial charge is 0.268 e. The first-order chi connectivity index (χ1) is 9.46. The van der Waals surface area contributed by atoms with Crippen LogP contribution in [-0.2, 0) is 14.8 Å².